The molecule has 0 aliphatic heterocycles. The van der Waals surface area contributed by atoms with Crippen molar-refractivity contribution in [3.05, 3.63) is 35.4 Å². The van der Waals surface area contributed by atoms with E-state index in [1.165, 1.54) is 11.1 Å². The summed E-state index contributed by atoms with van der Waals surface area (Å²) in [6, 6.07) is 8.15. The zero-order chi connectivity index (χ0) is 10.6. The van der Waals surface area contributed by atoms with Gasteiger partial charge in [0.15, 0.2) is 0 Å². The first kappa shape index (κ1) is 10.8. The number of allylic oxidation sites excluding steroid dienone is 1. The Hall–Kier alpha value is -1.24. The molecule has 76 valence electrons. The van der Waals surface area contributed by atoms with Crippen LogP contribution in [0.4, 0.5) is 0 Å². The van der Waals surface area contributed by atoms with Gasteiger partial charge in [0.25, 0.3) is 0 Å². The van der Waals surface area contributed by atoms with E-state index in [0.717, 1.165) is 5.75 Å². The van der Waals surface area contributed by atoms with Gasteiger partial charge in [-0.3, -0.25) is 0 Å². The molecule has 0 heterocycles. The minimum atomic E-state index is 0.233. The van der Waals surface area contributed by atoms with Crippen molar-refractivity contribution in [2.24, 2.45) is 0 Å². The predicted octanol–water partition coefficient (Wildman–Crippen LogP) is 3.90. The Balaban J connectivity index is 2.84. The average Bonchev–Trinajstić information content (AvgIpc) is 2.01. The molecule has 1 aromatic rings. The standard InChI is InChI=1S/C13H18O/c1-10(2)8-12-6-5-7-13(9-12)14-11(3)4/h5-9,11H,1-4H3. The molecule has 1 nitrogen and oxygen atoms in total. The van der Waals surface area contributed by atoms with Gasteiger partial charge in [0.2, 0.25) is 0 Å². The lowest BCUT2D eigenvalue weighted by Crippen LogP contribution is -2.05. The van der Waals surface area contributed by atoms with Crippen molar-refractivity contribution < 1.29 is 4.74 Å². The van der Waals surface area contributed by atoms with Gasteiger partial charge in [-0.05, 0) is 45.4 Å². The molecule has 1 aromatic carbocycles. The van der Waals surface area contributed by atoms with Gasteiger partial charge in [-0.25, -0.2) is 0 Å². The Morgan fingerprint density at radius 3 is 2.57 bits per heavy atom. The Kier molecular flexibility index (Phi) is 3.75. The summed E-state index contributed by atoms with van der Waals surface area (Å²) in [5, 5.41) is 0. The van der Waals surface area contributed by atoms with E-state index in [1.807, 2.05) is 26.0 Å². The fourth-order valence-electron chi connectivity index (χ4n) is 1.28. The largest absolute Gasteiger partial charge is 0.491 e. The first-order chi connectivity index (χ1) is 6.58. The van der Waals surface area contributed by atoms with Crippen molar-refractivity contribution in [1.29, 1.82) is 0 Å². The molecular weight excluding hydrogens is 172 g/mol. The van der Waals surface area contributed by atoms with E-state index >= 15 is 0 Å². The molecule has 0 bridgehead atoms. The zero-order valence-electron chi connectivity index (χ0n) is 9.37. The molecule has 0 aliphatic rings. The number of hydrogen-bond acceptors (Lipinski definition) is 1. The molecule has 0 amide bonds. The second kappa shape index (κ2) is 4.85. The molecule has 0 fully saturated rings. The monoisotopic (exact) mass is 190 g/mol. The third-order valence-corrected chi connectivity index (χ3v) is 1.69. The molecule has 1 rings (SSSR count). The molecule has 0 N–H and O–H groups in total. The van der Waals surface area contributed by atoms with Crippen LogP contribution in [0.3, 0.4) is 0 Å². The number of rotatable bonds is 3. The minimum Gasteiger partial charge on any atom is -0.491 e. The van der Waals surface area contributed by atoms with Gasteiger partial charge < -0.3 is 4.74 Å². The maximum absolute atomic E-state index is 5.61. The predicted molar refractivity (Wildman–Crippen MR) is 61.5 cm³/mol. The lowest BCUT2D eigenvalue weighted by Gasteiger charge is -2.09. The van der Waals surface area contributed by atoms with Crippen LogP contribution in [-0.4, -0.2) is 6.10 Å². The second-order valence-corrected chi connectivity index (χ2v) is 3.96. The third-order valence-electron chi connectivity index (χ3n) is 1.69. The van der Waals surface area contributed by atoms with Gasteiger partial charge in [0, 0.05) is 0 Å². The van der Waals surface area contributed by atoms with Crippen LogP contribution in [0.5, 0.6) is 5.75 Å². The van der Waals surface area contributed by atoms with Gasteiger partial charge in [0.1, 0.15) is 5.75 Å². The van der Waals surface area contributed by atoms with Gasteiger partial charge >= 0.3 is 0 Å². The van der Waals surface area contributed by atoms with Gasteiger partial charge in [-0.15, -0.1) is 0 Å². The van der Waals surface area contributed by atoms with Crippen molar-refractivity contribution in [2.45, 2.75) is 33.8 Å². The normalized spacial score (nSPS) is 10.1. The third kappa shape index (κ3) is 3.65. The molecule has 14 heavy (non-hydrogen) atoms. The molecule has 0 aliphatic carbocycles. The van der Waals surface area contributed by atoms with E-state index in [1.54, 1.807) is 0 Å². The van der Waals surface area contributed by atoms with Crippen molar-refractivity contribution in [2.75, 3.05) is 0 Å². The highest BCUT2D eigenvalue weighted by atomic mass is 16.5. The van der Waals surface area contributed by atoms with E-state index in [0.29, 0.717) is 0 Å². The van der Waals surface area contributed by atoms with Crippen LogP contribution in [0.1, 0.15) is 33.3 Å². The van der Waals surface area contributed by atoms with Gasteiger partial charge in [-0.2, -0.15) is 0 Å². The van der Waals surface area contributed by atoms with Crippen LogP contribution in [-0.2, 0) is 0 Å². The fourth-order valence-corrected chi connectivity index (χ4v) is 1.28. The summed E-state index contributed by atoms with van der Waals surface area (Å²) in [6.45, 7) is 8.26. The topological polar surface area (TPSA) is 9.23 Å². The molecule has 0 aromatic heterocycles. The van der Waals surface area contributed by atoms with Crippen molar-refractivity contribution in [3.63, 3.8) is 0 Å². The number of benzene rings is 1. The smallest absolute Gasteiger partial charge is 0.120 e. The Labute approximate surface area is 86.4 Å². The lowest BCUT2D eigenvalue weighted by atomic mass is 10.1. The highest BCUT2D eigenvalue weighted by Crippen LogP contribution is 2.16. The quantitative estimate of drug-likeness (QED) is 0.702. The molecule has 0 unspecified atom stereocenters. The first-order valence-electron chi connectivity index (χ1n) is 4.99. The molecule has 0 spiro atoms. The van der Waals surface area contributed by atoms with Crippen molar-refractivity contribution in [1.82, 2.24) is 0 Å². The summed E-state index contributed by atoms with van der Waals surface area (Å²) >= 11 is 0. The molecule has 0 atom stereocenters. The molecule has 0 saturated carbocycles. The lowest BCUT2D eigenvalue weighted by molar-refractivity contribution is 0.242. The summed E-state index contributed by atoms with van der Waals surface area (Å²) in [5.41, 5.74) is 2.50. The summed E-state index contributed by atoms with van der Waals surface area (Å²) < 4.78 is 5.61. The van der Waals surface area contributed by atoms with Crippen molar-refractivity contribution in [3.8, 4) is 5.75 Å². The Morgan fingerprint density at radius 1 is 1.29 bits per heavy atom. The Morgan fingerprint density at radius 2 is 2.00 bits per heavy atom. The number of hydrogen-bond donors (Lipinski definition) is 0. The van der Waals surface area contributed by atoms with Crippen molar-refractivity contribution >= 4 is 6.08 Å². The summed E-state index contributed by atoms with van der Waals surface area (Å²) in [5.74, 6) is 0.940. The summed E-state index contributed by atoms with van der Waals surface area (Å²) in [4.78, 5) is 0. The molecule has 1 heteroatoms. The molecule has 0 saturated heterocycles. The highest BCUT2D eigenvalue weighted by Gasteiger charge is 1.97. The molecular formula is C13H18O. The van der Waals surface area contributed by atoms with E-state index in [9.17, 15) is 0 Å². The van der Waals surface area contributed by atoms with E-state index in [4.69, 9.17) is 4.74 Å². The van der Waals surface area contributed by atoms with E-state index in [2.05, 4.69) is 32.1 Å². The van der Waals surface area contributed by atoms with Crippen LogP contribution in [0, 0.1) is 0 Å². The summed E-state index contributed by atoms with van der Waals surface area (Å²) in [7, 11) is 0. The van der Waals surface area contributed by atoms with Gasteiger partial charge in [0.05, 0.1) is 6.10 Å². The second-order valence-electron chi connectivity index (χ2n) is 3.96. The SMILES string of the molecule is CC(C)=Cc1cccc(OC(C)C)c1. The van der Waals surface area contributed by atoms with Crippen LogP contribution in [0.15, 0.2) is 29.8 Å². The number of ether oxygens (including phenoxy) is 1. The first-order valence-corrected chi connectivity index (χ1v) is 4.99. The Bertz CT molecular complexity index is 320. The van der Waals surface area contributed by atoms with Crippen LogP contribution >= 0.6 is 0 Å². The zero-order valence-corrected chi connectivity index (χ0v) is 9.37. The average molecular weight is 190 g/mol. The summed E-state index contributed by atoms with van der Waals surface area (Å²) in [6.07, 6.45) is 2.38. The molecule has 0 radical (unpaired) electrons. The van der Waals surface area contributed by atoms with Crippen LogP contribution in [0.2, 0.25) is 0 Å². The van der Waals surface area contributed by atoms with E-state index < -0.39 is 0 Å². The van der Waals surface area contributed by atoms with E-state index in [-0.39, 0.29) is 6.10 Å². The van der Waals surface area contributed by atoms with Gasteiger partial charge in [-0.1, -0.05) is 23.8 Å². The fraction of sp³-hybridized carbons (Fsp3) is 0.385. The maximum atomic E-state index is 5.61. The van der Waals surface area contributed by atoms with Crippen LogP contribution < -0.4 is 4.74 Å². The maximum Gasteiger partial charge on any atom is 0.120 e. The van der Waals surface area contributed by atoms with Crippen LogP contribution in [0.25, 0.3) is 6.08 Å². The highest BCUT2D eigenvalue weighted by molar-refractivity contribution is 5.53. The minimum absolute atomic E-state index is 0.233.